The first-order chi connectivity index (χ1) is 10.2. The van der Waals surface area contributed by atoms with Crippen molar-refractivity contribution in [3.8, 4) is 0 Å². The number of rotatable bonds is 8. The fourth-order valence-electron chi connectivity index (χ4n) is 3.05. The van der Waals surface area contributed by atoms with E-state index in [0.717, 1.165) is 30.6 Å². The quantitative estimate of drug-likeness (QED) is 0.794. The van der Waals surface area contributed by atoms with Crippen LogP contribution in [0.4, 0.5) is 5.82 Å². The molecule has 0 unspecified atom stereocenters. The van der Waals surface area contributed by atoms with Gasteiger partial charge in [0.25, 0.3) is 0 Å². The van der Waals surface area contributed by atoms with Gasteiger partial charge in [-0.05, 0) is 69.5 Å². The van der Waals surface area contributed by atoms with E-state index in [1.165, 1.54) is 55.7 Å². The van der Waals surface area contributed by atoms with Gasteiger partial charge in [0.1, 0.15) is 5.82 Å². The van der Waals surface area contributed by atoms with Gasteiger partial charge in [-0.15, -0.1) is 0 Å². The zero-order chi connectivity index (χ0) is 14.8. The lowest BCUT2D eigenvalue weighted by atomic mass is 10.1. The molecule has 2 aliphatic carbocycles. The van der Waals surface area contributed by atoms with E-state index < -0.39 is 0 Å². The first-order valence-corrected chi connectivity index (χ1v) is 8.60. The van der Waals surface area contributed by atoms with E-state index in [2.05, 4.69) is 37.1 Å². The topological polar surface area (TPSA) is 28.2 Å². The Labute approximate surface area is 129 Å². The summed E-state index contributed by atoms with van der Waals surface area (Å²) in [4.78, 5) is 7.53. The van der Waals surface area contributed by atoms with Crippen molar-refractivity contribution in [2.75, 3.05) is 24.5 Å². The van der Waals surface area contributed by atoms with Crippen LogP contribution in [0.25, 0.3) is 0 Å². The molecule has 1 N–H and O–H groups in total. The van der Waals surface area contributed by atoms with Crippen LogP contribution in [-0.4, -0.2) is 24.6 Å². The second-order valence-electron chi connectivity index (χ2n) is 6.95. The lowest BCUT2D eigenvalue weighted by molar-refractivity contribution is 0.656. The predicted molar refractivity (Wildman–Crippen MR) is 88.8 cm³/mol. The van der Waals surface area contributed by atoms with Crippen LogP contribution in [0.1, 0.15) is 49.4 Å². The highest BCUT2D eigenvalue weighted by Gasteiger charge is 2.31. The van der Waals surface area contributed by atoms with Crippen LogP contribution in [0.15, 0.2) is 6.07 Å². The van der Waals surface area contributed by atoms with Crippen LogP contribution in [0.5, 0.6) is 0 Å². The Hall–Kier alpha value is -1.09. The summed E-state index contributed by atoms with van der Waals surface area (Å²) < 4.78 is 0. The van der Waals surface area contributed by atoms with E-state index in [1.807, 2.05) is 0 Å². The number of aryl methyl sites for hydroxylation is 2. The number of anilines is 1. The van der Waals surface area contributed by atoms with Crippen molar-refractivity contribution in [1.29, 1.82) is 0 Å². The monoisotopic (exact) mass is 287 g/mol. The van der Waals surface area contributed by atoms with Gasteiger partial charge in [-0.1, -0.05) is 6.92 Å². The van der Waals surface area contributed by atoms with Gasteiger partial charge in [0, 0.05) is 30.9 Å². The van der Waals surface area contributed by atoms with Crippen molar-refractivity contribution in [3.05, 3.63) is 22.9 Å². The van der Waals surface area contributed by atoms with Crippen molar-refractivity contribution in [3.63, 3.8) is 0 Å². The normalized spacial score (nSPS) is 18.0. The second-order valence-corrected chi connectivity index (χ2v) is 6.95. The van der Waals surface area contributed by atoms with Crippen molar-refractivity contribution >= 4 is 5.82 Å². The average molecular weight is 287 g/mol. The van der Waals surface area contributed by atoms with Crippen molar-refractivity contribution in [2.24, 2.45) is 11.8 Å². The molecule has 2 aliphatic rings. The number of aromatic nitrogens is 1. The standard InChI is InChI=1S/C18H29N3/c1-4-19-10-17-13(2)9-14(3)20-18(17)21(11-15-5-6-15)12-16-7-8-16/h9,15-16,19H,4-8,10-12H2,1-3H3. The average Bonchev–Trinajstić information content (AvgIpc) is 3.31. The number of hydrogen-bond acceptors (Lipinski definition) is 3. The zero-order valence-electron chi connectivity index (χ0n) is 13.8. The summed E-state index contributed by atoms with van der Waals surface area (Å²) in [6.45, 7) is 10.9. The van der Waals surface area contributed by atoms with E-state index in [1.54, 1.807) is 0 Å². The molecule has 21 heavy (non-hydrogen) atoms. The molecule has 1 aromatic rings. The van der Waals surface area contributed by atoms with E-state index in [9.17, 15) is 0 Å². The summed E-state index contributed by atoms with van der Waals surface area (Å²) in [5, 5.41) is 3.49. The van der Waals surface area contributed by atoms with Gasteiger partial charge in [-0.3, -0.25) is 0 Å². The van der Waals surface area contributed by atoms with Crippen molar-refractivity contribution in [2.45, 2.75) is 53.0 Å². The van der Waals surface area contributed by atoms with E-state index in [-0.39, 0.29) is 0 Å². The third-order valence-electron chi connectivity index (χ3n) is 4.66. The van der Waals surface area contributed by atoms with Crippen LogP contribution < -0.4 is 10.2 Å². The molecule has 3 rings (SSSR count). The van der Waals surface area contributed by atoms with Crippen LogP contribution in [0.3, 0.4) is 0 Å². The van der Waals surface area contributed by atoms with E-state index >= 15 is 0 Å². The number of hydrogen-bond donors (Lipinski definition) is 1. The first kappa shape index (κ1) is 14.8. The minimum atomic E-state index is 0.915. The molecule has 2 fully saturated rings. The molecule has 1 heterocycles. The van der Waals surface area contributed by atoms with Crippen molar-refractivity contribution in [1.82, 2.24) is 10.3 Å². The molecule has 1 aromatic heterocycles. The summed E-state index contributed by atoms with van der Waals surface area (Å²) in [5.74, 6) is 3.09. The minimum Gasteiger partial charge on any atom is -0.356 e. The molecule has 0 atom stereocenters. The summed E-state index contributed by atoms with van der Waals surface area (Å²) in [5.41, 5.74) is 3.94. The molecule has 0 radical (unpaired) electrons. The Bertz CT molecular complexity index is 475. The summed E-state index contributed by atoms with van der Waals surface area (Å²) in [6.07, 6.45) is 5.64. The summed E-state index contributed by atoms with van der Waals surface area (Å²) in [7, 11) is 0. The largest absolute Gasteiger partial charge is 0.356 e. The Morgan fingerprint density at radius 2 is 1.76 bits per heavy atom. The van der Waals surface area contributed by atoms with Gasteiger partial charge in [0.05, 0.1) is 0 Å². The molecule has 0 aromatic carbocycles. The van der Waals surface area contributed by atoms with Crippen LogP contribution in [0.2, 0.25) is 0 Å². The third kappa shape index (κ3) is 3.97. The summed E-state index contributed by atoms with van der Waals surface area (Å²) >= 11 is 0. The molecule has 2 saturated carbocycles. The van der Waals surface area contributed by atoms with Crippen LogP contribution in [-0.2, 0) is 6.54 Å². The Morgan fingerprint density at radius 1 is 1.14 bits per heavy atom. The predicted octanol–water partition coefficient (Wildman–Crippen LogP) is 3.43. The zero-order valence-corrected chi connectivity index (χ0v) is 13.8. The molecule has 0 spiro atoms. The maximum absolute atomic E-state index is 4.93. The van der Waals surface area contributed by atoms with Crippen molar-refractivity contribution < 1.29 is 0 Å². The lowest BCUT2D eigenvalue weighted by Crippen LogP contribution is -2.31. The highest BCUT2D eigenvalue weighted by Crippen LogP contribution is 2.36. The molecule has 0 saturated heterocycles. The van der Waals surface area contributed by atoms with Gasteiger partial charge in [0.2, 0.25) is 0 Å². The molecule has 0 aliphatic heterocycles. The molecule has 116 valence electrons. The maximum Gasteiger partial charge on any atom is 0.133 e. The van der Waals surface area contributed by atoms with Gasteiger partial charge in [-0.25, -0.2) is 4.98 Å². The van der Waals surface area contributed by atoms with Gasteiger partial charge in [0.15, 0.2) is 0 Å². The highest BCUT2D eigenvalue weighted by atomic mass is 15.2. The highest BCUT2D eigenvalue weighted by molar-refractivity contribution is 5.52. The van der Waals surface area contributed by atoms with Crippen LogP contribution in [0, 0.1) is 25.7 Å². The molecule has 3 nitrogen and oxygen atoms in total. The minimum absolute atomic E-state index is 0.915. The number of pyridine rings is 1. The smallest absolute Gasteiger partial charge is 0.133 e. The molecule has 3 heteroatoms. The molecular weight excluding hydrogens is 258 g/mol. The summed E-state index contributed by atoms with van der Waals surface area (Å²) in [6, 6.07) is 2.22. The maximum atomic E-state index is 4.93. The fraction of sp³-hybridized carbons (Fsp3) is 0.722. The second kappa shape index (κ2) is 6.35. The van der Waals surface area contributed by atoms with Gasteiger partial charge >= 0.3 is 0 Å². The van der Waals surface area contributed by atoms with E-state index in [0.29, 0.717) is 0 Å². The lowest BCUT2D eigenvalue weighted by Gasteiger charge is -2.27. The molecule has 0 bridgehead atoms. The third-order valence-corrected chi connectivity index (χ3v) is 4.66. The molecule has 0 amide bonds. The van der Waals surface area contributed by atoms with Crippen LogP contribution >= 0.6 is 0 Å². The number of nitrogens with zero attached hydrogens (tertiary/aromatic N) is 2. The SMILES string of the molecule is CCNCc1c(C)cc(C)nc1N(CC1CC1)CC1CC1. The molecular formula is C18H29N3. The first-order valence-electron chi connectivity index (χ1n) is 8.60. The Balaban J connectivity index is 1.86. The van der Waals surface area contributed by atoms with Gasteiger partial charge < -0.3 is 10.2 Å². The Morgan fingerprint density at radius 3 is 2.29 bits per heavy atom. The Kier molecular flexibility index (Phi) is 4.48. The van der Waals surface area contributed by atoms with Gasteiger partial charge in [-0.2, -0.15) is 0 Å². The fourth-order valence-corrected chi connectivity index (χ4v) is 3.05. The number of nitrogens with one attached hydrogen (secondary N) is 1. The van der Waals surface area contributed by atoms with E-state index in [4.69, 9.17) is 4.98 Å².